The first kappa shape index (κ1) is 14.1. The van der Waals surface area contributed by atoms with Crippen LogP contribution in [0.5, 0.6) is 5.75 Å². The van der Waals surface area contributed by atoms with E-state index in [9.17, 15) is 0 Å². The Kier molecular flexibility index (Phi) is 4.20. The van der Waals surface area contributed by atoms with Crippen LogP contribution in [0.1, 0.15) is 35.4 Å². The molecular weight excluding hydrogens is 260 g/mol. The van der Waals surface area contributed by atoms with E-state index in [2.05, 4.69) is 54.5 Å². The van der Waals surface area contributed by atoms with E-state index < -0.39 is 0 Å². The third-order valence-corrected chi connectivity index (χ3v) is 3.60. The quantitative estimate of drug-likeness (QED) is 0.880. The molecule has 1 aliphatic carbocycles. The molecule has 0 saturated heterocycles. The van der Waals surface area contributed by atoms with Gasteiger partial charge in [0.1, 0.15) is 12.4 Å². The van der Waals surface area contributed by atoms with E-state index in [-0.39, 0.29) is 0 Å². The summed E-state index contributed by atoms with van der Waals surface area (Å²) >= 11 is 0. The Morgan fingerprint density at radius 2 is 1.81 bits per heavy atom. The fraction of sp³-hybridized carbons (Fsp3) is 0.389. The fourth-order valence-electron chi connectivity index (χ4n) is 2.42. The molecule has 1 aliphatic rings. The van der Waals surface area contributed by atoms with Crippen molar-refractivity contribution in [1.29, 1.82) is 0 Å². The second kappa shape index (κ2) is 6.27. The van der Waals surface area contributed by atoms with E-state index in [0.717, 1.165) is 23.7 Å². The average molecular weight is 282 g/mol. The Balaban J connectivity index is 1.59. The van der Waals surface area contributed by atoms with Crippen molar-refractivity contribution >= 4 is 0 Å². The third kappa shape index (κ3) is 4.30. The zero-order valence-electron chi connectivity index (χ0n) is 12.7. The zero-order chi connectivity index (χ0) is 14.7. The van der Waals surface area contributed by atoms with Crippen LogP contribution in [-0.2, 0) is 13.2 Å². The largest absolute Gasteiger partial charge is 0.487 e. The van der Waals surface area contributed by atoms with E-state index in [1.807, 2.05) is 6.07 Å². The number of aromatic nitrogens is 1. The Labute approximate surface area is 126 Å². The van der Waals surface area contributed by atoms with Gasteiger partial charge in [-0.2, -0.15) is 0 Å². The lowest BCUT2D eigenvalue weighted by atomic mass is 10.1. The lowest BCUT2D eigenvalue weighted by molar-refractivity contribution is 0.300. The molecule has 0 amide bonds. The fourth-order valence-corrected chi connectivity index (χ4v) is 2.42. The summed E-state index contributed by atoms with van der Waals surface area (Å²) < 4.78 is 5.86. The Hall–Kier alpha value is -1.87. The molecule has 1 aromatic heterocycles. The summed E-state index contributed by atoms with van der Waals surface area (Å²) in [6, 6.07) is 13.1. The summed E-state index contributed by atoms with van der Waals surface area (Å²) in [6.07, 6.45) is 2.60. The standard InChI is InChI=1S/C18H22N2O/c1-13-8-14(2)10-18(9-13)21-12-17-5-3-4-16(20-17)11-19-15-6-7-15/h3-5,8-10,15,19H,6-7,11-12H2,1-2H3. The van der Waals surface area contributed by atoms with E-state index in [0.29, 0.717) is 12.6 Å². The Morgan fingerprint density at radius 1 is 1.10 bits per heavy atom. The molecule has 0 spiro atoms. The Morgan fingerprint density at radius 3 is 2.52 bits per heavy atom. The number of aryl methyl sites for hydroxylation is 2. The van der Waals surface area contributed by atoms with Crippen LogP contribution in [0.3, 0.4) is 0 Å². The number of rotatable bonds is 6. The second-order valence-electron chi connectivity index (χ2n) is 5.89. The second-order valence-corrected chi connectivity index (χ2v) is 5.89. The van der Waals surface area contributed by atoms with Gasteiger partial charge in [0, 0.05) is 12.6 Å². The van der Waals surface area contributed by atoms with E-state index in [4.69, 9.17) is 4.74 Å². The number of hydrogen-bond acceptors (Lipinski definition) is 3. The van der Waals surface area contributed by atoms with Crippen LogP contribution in [0, 0.1) is 13.8 Å². The maximum atomic E-state index is 5.86. The van der Waals surface area contributed by atoms with Crippen LogP contribution in [0.2, 0.25) is 0 Å². The normalized spacial score (nSPS) is 14.2. The van der Waals surface area contributed by atoms with Gasteiger partial charge in [-0.15, -0.1) is 0 Å². The summed E-state index contributed by atoms with van der Waals surface area (Å²) in [6.45, 7) is 5.53. The SMILES string of the molecule is Cc1cc(C)cc(OCc2cccc(CNC3CC3)n2)c1. The van der Waals surface area contributed by atoms with Gasteiger partial charge in [-0.3, -0.25) is 4.98 Å². The van der Waals surface area contributed by atoms with Gasteiger partial charge < -0.3 is 10.1 Å². The lowest BCUT2D eigenvalue weighted by Gasteiger charge is -2.09. The molecule has 3 heteroatoms. The van der Waals surface area contributed by atoms with Crippen molar-refractivity contribution in [1.82, 2.24) is 10.3 Å². The van der Waals surface area contributed by atoms with Gasteiger partial charge >= 0.3 is 0 Å². The maximum Gasteiger partial charge on any atom is 0.130 e. The number of hydrogen-bond donors (Lipinski definition) is 1. The molecule has 0 bridgehead atoms. The molecule has 0 aliphatic heterocycles. The van der Waals surface area contributed by atoms with Crippen LogP contribution in [-0.4, -0.2) is 11.0 Å². The summed E-state index contributed by atoms with van der Waals surface area (Å²) in [4.78, 5) is 4.64. The number of nitrogens with zero attached hydrogens (tertiary/aromatic N) is 1. The molecule has 0 radical (unpaired) electrons. The first-order valence-corrected chi connectivity index (χ1v) is 7.58. The zero-order valence-corrected chi connectivity index (χ0v) is 12.7. The van der Waals surface area contributed by atoms with Crippen molar-refractivity contribution in [2.45, 2.75) is 45.9 Å². The van der Waals surface area contributed by atoms with Crippen LogP contribution < -0.4 is 10.1 Å². The number of ether oxygens (including phenoxy) is 1. The van der Waals surface area contributed by atoms with Gasteiger partial charge in [-0.25, -0.2) is 0 Å². The van der Waals surface area contributed by atoms with Crippen molar-refractivity contribution in [3.05, 3.63) is 58.9 Å². The van der Waals surface area contributed by atoms with Gasteiger partial charge in [-0.05, 0) is 62.1 Å². The molecule has 2 aromatic rings. The average Bonchev–Trinajstić information content (AvgIpc) is 3.27. The molecule has 3 nitrogen and oxygen atoms in total. The summed E-state index contributed by atoms with van der Waals surface area (Å²) in [5, 5.41) is 3.49. The first-order valence-electron chi connectivity index (χ1n) is 7.58. The van der Waals surface area contributed by atoms with E-state index >= 15 is 0 Å². The monoisotopic (exact) mass is 282 g/mol. The highest BCUT2D eigenvalue weighted by Crippen LogP contribution is 2.19. The number of pyridine rings is 1. The van der Waals surface area contributed by atoms with Gasteiger partial charge in [0.15, 0.2) is 0 Å². The van der Waals surface area contributed by atoms with Crippen molar-refractivity contribution in [3.63, 3.8) is 0 Å². The highest BCUT2D eigenvalue weighted by atomic mass is 16.5. The molecular formula is C18H22N2O. The molecule has 0 unspecified atom stereocenters. The molecule has 1 N–H and O–H groups in total. The van der Waals surface area contributed by atoms with Gasteiger partial charge in [0.25, 0.3) is 0 Å². The topological polar surface area (TPSA) is 34.1 Å². The Bertz CT molecular complexity index is 600. The minimum atomic E-state index is 0.514. The predicted molar refractivity (Wildman–Crippen MR) is 84.3 cm³/mol. The summed E-state index contributed by atoms with van der Waals surface area (Å²) in [7, 11) is 0. The predicted octanol–water partition coefficient (Wildman–Crippen LogP) is 3.53. The van der Waals surface area contributed by atoms with Gasteiger partial charge in [-0.1, -0.05) is 12.1 Å². The van der Waals surface area contributed by atoms with Crippen LogP contribution >= 0.6 is 0 Å². The minimum Gasteiger partial charge on any atom is -0.487 e. The smallest absolute Gasteiger partial charge is 0.130 e. The van der Waals surface area contributed by atoms with Crippen molar-refractivity contribution in [2.24, 2.45) is 0 Å². The molecule has 3 rings (SSSR count). The lowest BCUT2D eigenvalue weighted by Crippen LogP contribution is -2.16. The summed E-state index contributed by atoms with van der Waals surface area (Å²) in [5.41, 5.74) is 4.51. The minimum absolute atomic E-state index is 0.514. The number of nitrogens with one attached hydrogen (secondary N) is 1. The summed E-state index contributed by atoms with van der Waals surface area (Å²) in [5.74, 6) is 0.913. The highest BCUT2D eigenvalue weighted by molar-refractivity contribution is 5.33. The maximum absolute atomic E-state index is 5.86. The van der Waals surface area contributed by atoms with Crippen molar-refractivity contribution in [2.75, 3.05) is 0 Å². The van der Waals surface area contributed by atoms with E-state index in [1.165, 1.54) is 24.0 Å². The molecule has 1 saturated carbocycles. The molecule has 0 atom stereocenters. The molecule has 110 valence electrons. The number of benzene rings is 1. The van der Waals surface area contributed by atoms with Crippen LogP contribution in [0.4, 0.5) is 0 Å². The molecule has 1 aromatic carbocycles. The third-order valence-electron chi connectivity index (χ3n) is 3.60. The molecule has 1 heterocycles. The van der Waals surface area contributed by atoms with E-state index in [1.54, 1.807) is 0 Å². The molecule has 21 heavy (non-hydrogen) atoms. The van der Waals surface area contributed by atoms with Crippen LogP contribution in [0.25, 0.3) is 0 Å². The van der Waals surface area contributed by atoms with Crippen LogP contribution in [0.15, 0.2) is 36.4 Å². The van der Waals surface area contributed by atoms with Gasteiger partial charge in [0.05, 0.1) is 11.4 Å². The molecule has 1 fully saturated rings. The van der Waals surface area contributed by atoms with Crippen molar-refractivity contribution < 1.29 is 4.74 Å². The first-order chi connectivity index (χ1) is 10.2. The van der Waals surface area contributed by atoms with Crippen molar-refractivity contribution in [3.8, 4) is 5.75 Å². The van der Waals surface area contributed by atoms with Gasteiger partial charge in [0.2, 0.25) is 0 Å². The highest BCUT2D eigenvalue weighted by Gasteiger charge is 2.20.